The summed E-state index contributed by atoms with van der Waals surface area (Å²) in [5.41, 5.74) is 2.54. The van der Waals surface area contributed by atoms with Gasteiger partial charge in [-0.3, -0.25) is 0 Å². The molecule has 1 N–H and O–H groups in total. The topological polar surface area (TPSA) is 38.3 Å². The minimum atomic E-state index is -0.165. The normalized spacial score (nSPS) is 10.6. The second kappa shape index (κ2) is 11.9. The Morgan fingerprint density at radius 2 is 1.52 bits per heavy atom. The molecule has 136 valence electrons. The van der Waals surface area contributed by atoms with Gasteiger partial charge in [0.2, 0.25) is 0 Å². The van der Waals surface area contributed by atoms with Crippen molar-refractivity contribution in [3.05, 3.63) is 61.7 Å². The number of hydrogen-bond donors (Lipinski definition) is 1. The maximum absolute atomic E-state index is 11.8. The summed E-state index contributed by atoms with van der Waals surface area (Å²) < 4.78 is 2.72. The van der Waals surface area contributed by atoms with Gasteiger partial charge in [-0.15, -0.1) is 0 Å². The van der Waals surface area contributed by atoms with Gasteiger partial charge in [0, 0.05) is 0 Å². The number of carbonyl (C=O) groups excluding carboxylic acids is 1. The number of rotatable bonds is 11. The fraction of sp³-hybridized carbons (Fsp3) is 0.381. The Bertz CT molecular complexity index is 614. The molecule has 2 aromatic rings. The Morgan fingerprint density at radius 1 is 0.880 bits per heavy atom. The van der Waals surface area contributed by atoms with Gasteiger partial charge >= 0.3 is 142 Å². The van der Waals surface area contributed by atoms with Crippen LogP contribution in [0.3, 0.4) is 0 Å². The molecule has 0 fully saturated rings. The van der Waals surface area contributed by atoms with Crippen LogP contribution in [0.25, 0.3) is 0 Å². The van der Waals surface area contributed by atoms with Gasteiger partial charge in [0.1, 0.15) is 0 Å². The molecule has 2 rings (SSSR count). The summed E-state index contributed by atoms with van der Waals surface area (Å²) in [5, 5.41) is 0. The molecule has 2 aromatic carbocycles. The van der Waals surface area contributed by atoms with Crippen LogP contribution >= 0.6 is 0 Å². The third-order valence-corrected chi connectivity index (χ3v) is 6.49. The summed E-state index contributed by atoms with van der Waals surface area (Å²) in [6.07, 6.45) is 7.60. The number of unbranched alkanes of at least 4 members (excludes halogenated alkanes) is 5. The molecule has 0 heterocycles. The van der Waals surface area contributed by atoms with Gasteiger partial charge in [0.25, 0.3) is 0 Å². The van der Waals surface area contributed by atoms with E-state index in [4.69, 9.17) is 4.84 Å². The Balaban J connectivity index is 1.64. The van der Waals surface area contributed by atoms with Crippen molar-refractivity contribution in [1.29, 1.82) is 0 Å². The van der Waals surface area contributed by atoms with Crippen LogP contribution in [0.4, 0.5) is 0 Å². The van der Waals surface area contributed by atoms with Crippen molar-refractivity contribution in [2.24, 2.45) is 0 Å². The van der Waals surface area contributed by atoms with Crippen molar-refractivity contribution < 1.29 is 30.8 Å². The molecule has 1 amide bonds. The molecule has 3 nitrogen and oxygen atoms in total. The molecule has 4 heteroatoms. The van der Waals surface area contributed by atoms with Gasteiger partial charge in [0.15, 0.2) is 0 Å². The molecule has 0 aliphatic rings. The van der Waals surface area contributed by atoms with Crippen LogP contribution < -0.4 is 31.5 Å². The van der Waals surface area contributed by atoms with Crippen molar-refractivity contribution >= 4 is 5.91 Å². The van der Waals surface area contributed by atoms with Crippen LogP contribution in [0.1, 0.15) is 51.9 Å². The van der Waals surface area contributed by atoms with Gasteiger partial charge in [0.05, 0.1) is 0 Å². The van der Waals surface area contributed by atoms with Crippen molar-refractivity contribution in [3.8, 4) is 5.75 Å². The molecule has 0 atom stereocenters. The zero-order valence-corrected chi connectivity index (χ0v) is 17.0. The summed E-state index contributed by atoms with van der Waals surface area (Å²) in [7, 11) is 0. The molecule has 0 aliphatic carbocycles. The Hall–Kier alpha value is -1.56. The standard InChI is InChI=1S/C21H27INO2/c1-2-3-4-5-6-10-13-21(24)23-25-20-16-14-19(15-17-20)22-18-11-8-7-9-12-18/h7-9,11-12,14-17H,2-6,10,13H2,1H3,(H,23,24)/q-1. The fourth-order valence-corrected chi connectivity index (χ4v) is 4.62. The van der Waals surface area contributed by atoms with E-state index in [2.05, 4.69) is 48.8 Å². The van der Waals surface area contributed by atoms with E-state index in [9.17, 15) is 4.79 Å². The zero-order valence-electron chi connectivity index (χ0n) is 14.8. The van der Waals surface area contributed by atoms with E-state index in [1.54, 1.807) is 0 Å². The number of benzene rings is 2. The minimum absolute atomic E-state index is 0.0451. The molecular formula is C21H27INO2-. The SMILES string of the molecule is CCCCCCCCC(=O)NOc1ccc([I-]c2ccccc2)cc1. The van der Waals surface area contributed by atoms with E-state index < -0.39 is 0 Å². The summed E-state index contributed by atoms with van der Waals surface area (Å²) in [6.45, 7) is 2.21. The molecule has 0 radical (unpaired) electrons. The predicted octanol–water partition coefficient (Wildman–Crippen LogP) is 1.98. The van der Waals surface area contributed by atoms with Crippen LogP contribution in [0.5, 0.6) is 5.75 Å². The first-order valence-corrected chi connectivity index (χ1v) is 11.2. The number of carbonyl (C=O) groups is 1. The second-order valence-electron chi connectivity index (χ2n) is 5.99. The van der Waals surface area contributed by atoms with E-state index >= 15 is 0 Å². The Kier molecular flexibility index (Phi) is 9.41. The number of nitrogens with one attached hydrogen (secondary N) is 1. The molecule has 0 spiro atoms. The molecular weight excluding hydrogens is 425 g/mol. The number of hydroxylamine groups is 1. The summed E-state index contributed by atoms with van der Waals surface area (Å²) in [6, 6.07) is 18.5. The molecule has 0 saturated heterocycles. The molecule has 0 aliphatic heterocycles. The van der Waals surface area contributed by atoms with Crippen molar-refractivity contribution in [3.63, 3.8) is 0 Å². The molecule has 0 saturated carbocycles. The first kappa shape index (κ1) is 19.8. The summed E-state index contributed by atoms with van der Waals surface area (Å²) >= 11 is -0.165. The third-order valence-electron chi connectivity index (χ3n) is 3.81. The average molecular weight is 452 g/mol. The fourth-order valence-electron chi connectivity index (χ4n) is 2.40. The monoisotopic (exact) mass is 452 g/mol. The first-order chi connectivity index (χ1) is 12.3. The van der Waals surface area contributed by atoms with Gasteiger partial charge in [-0.1, -0.05) is 19.8 Å². The Morgan fingerprint density at radius 3 is 2.24 bits per heavy atom. The average Bonchev–Trinajstić information content (AvgIpc) is 2.65. The van der Waals surface area contributed by atoms with Gasteiger partial charge in [-0.2, -0.15) is 0 Å². The van der Waals surface area contributed by atoms with E-state index in [0.29, 0.717) is 12.2 Å². The van der Waals surface area contributed by atoms with E-state index in [1.807, 2.05) is 18.2 Å². The molecule has 0 unspecified atom stereocenters. The quantitative estimate of drug-likeness (QED) is 0.322. The predicted molar refractivity (Wildman–Crippen MR) is 97.0 cm³/mol. The van der Waals surface area contributed by atoms with Crippen LogP contribution in [0.15, 0.2) is 54.6 Å². The summed E-state index contributed by atoms with van der Waals surface area (Å²) in [5.74, 6) is 0.633. The van der Waals surface area contributed by atoms with Crippen LogP contribution in [-0.4, -0.2) is 5.91 Å². The summed E-state index contributed by atoms with van der Waals surface area (Å²) in [4.78, 5) is 17.2. The van der Waals surface area contributed by atoms with E-state index in [-0.39, 0.29) is 27.1 Å². The van der Waals surface area contributed by atoms with Crippen LogP contribution in [-0.2, 0) is 4.79 Å². The van der Waals surface area contributed by atoms with Gasteiger partial charge in [-0.25, -0.2) is 0 Å². The van der Waals surface area contributed by atoms with E-state index in [0.717, 1.165) is 12.8 Å². The molecule has 25 heavy (non-hydrogen) atoms. The second-order valence-corrected chi connectivity index (χ2v) is 9.02. The van der Waals surface area contributed by atoms with Gasteiger partial charge < -0.3 is 0 Å². The Labute approximate surface area is 161 Å². The first-order valence-electron chi connectivity index (χ1n) is 9.03. The van der Waals surface area contributed by atoms with E-state index in [1.165, 1.54) is 32.8 Å². The zero-order chi connectivity index (χ0) is 17.7. The van der Waals surface area contributed by atoms with Crippen LogP contribution in [0.2, 0.25) is 0 Å². The maximum atomic E-state index is 11.8. The number of hydrogen-bond acceptors (Lipinski definition) is 2. The third kappa shape index (κ3) is 8.38. The number of halogens is 1. The van der Waals surface area contributed by atoms with Crippen LogP contribution in [0, 0.1) is 7.14 Å². The molecule has 0 bridgehead atoms. The van der Waals surface area contributed by atoms with Crippen molar-refractivity contribution in [2.75, 3.05) is 0 Å². The van der Waals surface area contributed by atoms with Crippen molar-refractivity contribution in [1.82, 2.24) is 5.48 Å². The van der Waals surface area contributed by atoms with Crippen molar-refractivity contribution in [2.45, 2.75) is 51.9 Å². The number of amides is 1. The molecule has 0 aromatic heterocycles. The van der Waals surface area contributed by atoms with Gasteiger partial charge in [-0.05, 0) is 0 Å².